The van der Waals surface area contributed by atoms with Crippen molar-refractivity contribution in [3.8, 4) is 45.3 Å². The molecule has 0 amide bonds. The van der Waals surface area contributed by atoms with Crippen molar-refractivity contribution in [2.24, 2.45) is 0 Å². The fourth-order valence-corrected chi connectivity index (χ4v) is 7.76. The van der Waals surface area contributed by atoms with Crippen molar-refractivity contribution in [1.29, 1.82) is 0 Å². The average Bonchev–Trinajstić information content (AvgIpc) is 3.72. The number of hydrogen-bond donors (Lipinski definition) is 0. The van der Waals surface area contributed by atoms with Gasteiger partial charge in [0, 0.05) is 48.4 Å². The summed E-state index contributed by atoms with van der Waals surface area (Å²) < 4.78 is 23.6. The van der Waals surface area contributed by atoms with Crippen LogP contribution in [0.4, 0.5) is 0 Å². The molecule has 0 aliphatic heterocycles. The van der Waals surface area contributed by atoms with Gasteiger partial charge in [-0.1, -0.05) is 55.4 Å². The summed E-state index contributed by atoms with van der Waals surface area (Å²) in [6.45, 7) is 31.3. The number of likely N-dealkylation sites (N-methyl/N-ethyl adjacent to an activating group) is 4. The van der Waals surface area contributed by atoms with E-state index in [-0.39, 0.29) is 11.6 Å². The maximum Gasteiger partial charge on any atom is 0.194 e. The first-order valence-electron chi connectivity index (χ1n) is 22.3. The predicted molar refractivity (Wildman–Crippen MR) is 244 cm³/mol. The molecular weight excluding hydrogens is 753 g/mol. The minimum absolute atomic E-state index is 0.0448. The lowest BCUT2D eigenvalue weighted by molar-refractivity contribution is 0.103. The second kappa shape index (κ2) is 23.3. The van der Waals surface area contributed by atoms with Crippen molar-refractivity contribution in [2.75, 3.05) is 105 Å². The van der Waals surface area contributed by atoms with Gasteiger partial charge in [0.1, 0.15) is 49.4 Å². The molecule has 60 heavy (non-hydrogen) atoms. The van der Waals surface area contributed by atoms with Gasteiger partial charge < -0.3 is 38.5 Å². The normalized spacial score (nSPS) is 12.4. The quantitative estimate of drug-likeness (QED) is 0.0592. The van der Waals surface area contributed by atoms with Crippen molar-refractivity contribution in [3.05, 3.63) is 95.1 Å². The average molecular weight is 821 g/mol. The number of nitrogens with zero attached hydrogens (tertiary/aromatic N) is 4. The highest BCUT2D eigenvalue weighted by Crippen LogP contribution is 2.41. The van der Waals surface area contributed by atoms with Crippen LogP contribution in [-0.2, 0) is 0 Å². The summed E-state index contributed by atoms with van der Waals surface area (Å²) in [5.41, 5.74) is 6.75. The van der Waals surface area contributed by atoms with Crippen molar-refractivity contribution in [2.45, 2.75) is 55.4 Å². The van der Waals surface area contributed by atoms with E-state index >= 15 is 0 Å². The smallest absolute Gasteiger partial charge is 0.194 e. The topological polar surface area (TPSA) is 84.0 Å². The van der Waals surface area contributed by atoms with Crippen LogP contribution in [0.15, 0.2) is 72.8 Å². The molecule has 2 aliphatic rings. The summed E-state index contributed by atoms with van der Waals surface area (Å²) in [5, 5.41) is 0. The van der Waals surface area contributed by atoms with E-state index in [1.165, 1.54) is 0 Å². The summed E-state index contributed by atoms with van der Waals surface area (Å²) in [6, 6.07) is 23.3. The zero-order valence-electron chi connectivity index (χ0n) is 37.5. The van der Waals surface area contributed by atoms with Crippen LogP contribution >= 0.6 is 0 Å². The number of hydrogen-bond acceptors (Lipinski definition) is 10. The van der Waals surface area contributed by atoms with Crippen molar-refractivity contribution >= 4 is 11.6 Å². The number of fused-ring (bicyclic) bond motifs is 6. The van der Waals surface area contributed by atoms with Crippen LogP contribution in [-0.4, -0.2) is 136 Å². The maximum absolute atomic E-state index is 13.0. The maximum atomic E-state index is 13.0. The van der Waals surface area contributed by atoms with Gasteiger partial charge in [-0.25, -0.2) is 0 Å². The fourth-order valence-electron chi connectivity index (χ4n) is 7.76. The Hall–Kier alpha value is -4.74. The summed E-state index contributed by atoms with van der Waals surface area (Å²) in [6.07, 6.45) is 0. The molecule has 0 spiro atoms. The Balaban J connectivity index is 0.000000228. The third kappa shape index (κ3) is 11.8. The first-order valence-corrected chi connectivity index (χ1v) is 22.3. The van der Waals surface area contributed by atoms with Crippen molar-refractivity contribution < 1.29 is 28.5 Å². The predicted octanol–water partition coefficient (Wildman–Crippen LogP) is 8.68. The van der Waals surface area contributed by atoms with E-state index in [1.54, 1.807) is 0 Å². The lowest BCUT2D eigenvalue weighted by Gasteiger charge is -2.18. The first kappa shape index (κ1) is 46.3. The first-order chi connectivity index (χ1) is 29.2. The van der Waals surface area contributed by atoms with Gasteiger partial charge in [0.25, 0.3) is 0 Å². The monoisotopic (exact) mass is 821 g/mol. The molecule has 0 atom stereocenters. The molecular formula is C50H68N4O6. The molecule has 0 saturated heterocycles. The molecule has 0 saturated carbocycles. The highest BCUT2D eigenvalue weighted by atomic mass is 16.5. The largest absolute Gasteiger partial charge is 0.492 e. The third-order valence-electron chi connectivity index (χ3n) is 11.8. The van der Waals surface area contributed by atoms with Gasteiger partial charge in [0.2, 0.25) is 0 Å². The standard InChI is InChI=1S/2C25H34N2O3/c2*1-5-26(6-2)13-15-29-19-9-11-21-22-12-10-20(30-16-14-27(7-3)8-4)18-24(22)25(28)23(21)17-19/h2*9-12,17-18H,5-8,13-16H2,1-4H3. The molecule has 0 heterocycles. The van der Waals surface area contributed by atoms with Crippen LogP contribution in [0.5, 0.6) is 23.0 Å². The minimum atomic E-state index is 0.0448. The summed E-state index contributed by atoms with van der Waals surface area (Å²) in [7, 11) is 0. The van der Waals surface area contributed by atoms with Gasteiger partial charge in [-0.05, 0) is 147 Å². The summed E-state index contributed by atoms with van der Waals surface area (Å²) in [4.78, 5) is 35.3. The molecule has 0 N–H and O–H groups in total. The SMILES string of the molecule is CCN(CC)CCOc1ccc2c(c1)C(=O)c1cc(OCCN(CC)CC)ccc1-2.CCN(CC)CCOc1ccc2c(c1)C(=O)c1cc(OCCN(CC)CC)ccc1-2. The van der Waals surface area contributed by atoms with Crippen molar-refractivity contribution in [1.82, 2.24) is 19.6 Å². The number of ketones is 2. The van der Waals surface area contributed by atoms with Gasteiger partial charge in [-0.2, -0.15) is 0 Å². The zero-order chi connectivity index (χ0) is 43.0. The summed E-state index contributed by atoms with van der Waals surface area (Å²) in [5.74, 6) is 3.08. The molecule has 4 aromatic rings. The van der Waals surface area contributed by atoms with Crippen LogP contribution in [0.25, 0.3) is 22.3 Å². The Morgan fingerprint density at radius 3 is 0.700 bits per heavy atom. The number of carbonyl (C=O) groups excluding carboxylic acids is 2. The molecule has 10 heteroatoms. The van der Waals surface area contributed by atoms with Crippen molar-refractivity contribution in [3.63, 3.8) is 0 Å². The van der Waals surface area contributed by atoms with Crippen LogP contribution in [0.3, 0.4) is 0 Å². The molecule has 4 aromatic carbocycles. The molecule has 324 valence electrons. The Labute approximate surface area is 359 Å². The van der Waals surface area contributed by atoms with E-state index in [1.807, 2.05) is 72.8 Å². The number of benzene rings is 4. The lowest BCUT2D eigenvalue weighted by atomic mass is 10.1. The molecule has 10 nitrogen and oxygen atoms in total. The fraction of sp³-hybridized carbons (Fsp3) is 0.480. The Morgan fingerprint density at radius 2 is 0.517 bits per heavy atom. The summed E-state index contributed by atoms with van der Waals surface area (Å²) >= 11 is 0. The highest BCUT2D eigenvalue weighted by Gasteiger charge is 2.29. The second-order valence-corrected chi connectivity index (χ2v) is 15.0. The molecule has 0 radical (unpaired) electrons. The minimum Gasteiger partial charge on any atom is -0.492 e. The molecule has 0 fully saturated rings. The van der Waals surface area contributed by atoms with Crippen LogP contribution in [0.1, 0.15) is 87.2 Å². The Morgan fingerprint density at radius 1 is 0.317 bits per heavy atom. The number of ether oxygens (including phenoxy) is 4. The van der Waals surface area contributed by atoms with E-state index in [2.05, 4.69) is 75.0 Å². The molecule has 2 aliphatic carbocycles. The molecule has 0 unspecified atom stereocenters. The van der Waals surface area contributed by atoms with Gasteiger partial charge in [-0.15, -0.1) is 0 Å². The van der Waals surface area contributed by atoms with Crippen LogP contribution < -0.4 is 18.9 Å². The zero-order valence-corrected chi connectivity index (χ0v) is 37.5. The lowest BCUT2D eigenvalue weighted by Crippen LogP contribution is -2.27. The van der Waals surface area contributed by atoms with Gasteiger partial charge in [0.05, 0.1) is 0 Å². The molecule has 0 bridgehead atoms. The van der Waals surface area contributed by atoms with E-state index < -0.39 is 0 Å². The third-order valence-corrected chi connectivity index (χ3v) is 11.8. The molecule has 6 rings (SSSR count). The van der Waals surface area contributed by atoms with Crippen LogP contribution in [0.2, 0.25) is 0 Å². The van der Waals surface area contributed by atoms with Gasteiger partial charge >= 0.3 is 0 Å². The highest BCUT2D eigenvalue weighted by molar-refractivity contribution is 6.22. The van der Waals surface area contributed by atoms with E-state index in [0.717, 1.165) is 124 Å². The Kier molecular flexibility index (Phi) is 18.0. The van der Waals surface area contributed by atoms with Gasteiger partial charge in [-0.3, -0.25) is 9.59 Å². The van der Waals surface area contributed by atoms with Gasteiger partial charge in [0.15, 0.2) is 11.6 Å². The Bertz CT molecular complexity index is 1720. The van der Waals surface area contributed by atoms with Crippen LogP contribution in [0, 0.1) is 0 Å². The number of rotatable bonds is 24. The van der Waals surface area contributed by atoms with E-state index in [9.17, 15) is 9.59 Å². The second-order valence-electron chi connectivity index (χ2n) is 15.0. The molecule has 0 aromatic heterocycles. The van der Waals surface area contributed by atoms with E-state index in [0.29, 0.717) is 48.7 Å². The number of carbonyl (C=O) groups is 2. The van der Waals surface area contributed by atoms with E-state index in [4.69, 9.17) is 18.9 Å².